The van der Waals surface area contributed by atoms with Crippen LogP contribution in [0, 0.1) is 5.92 Å². The minimum atomic E-state index is -4.76. The predicted molar refractivity (Wildman–Crippen MR) is 131 cm³/mol. The molecule has 2 amide bonds. The van der Waals surface area contributed by atoms with Crippen LogP contribution in [0.25, 0.3) is 0 Å². The number of carbonyl (C=O) groups excluding carboxylic acids is 2. The third-order valence-electron chi connectivity index (χ3n) is 7.88. The molecule has 0 aromatic heterocycles. The fourth-order valence-corrected chi connectivity index (χ4v) is 7.00. The molecule has 2 aliphatic rings. The second-order valence-electron chi connectivity index (χ2n) is 10.3. The summed E-state index contributed by atoms with van der Waals surface area (Å²) in [7, 11) is -1.35. The molecule has 11 heteroatoms. The second-order valence-corrected chi connectivity index (χ2v) is 12.7. The Morgan fingerprint density at radius 2 is 1.89 bits per heavy atom. The number of hydrogen-bond donors (Lipinski definition) is 1. The van der Waals surface area contributed by atoms with Crippen LogP contribution in [0.4, 0.5) is 13.2 Å². The maximum absolute atomic E-state index is 13.8. The van der Waals surface area contributed by atoms with Crippen LogP contribution < -0.4 is 5.73 Å². The van der Waals surface area contributed by atoms with Gasteiger partial charge in [0.05, 0.1) is 17.2 Å². The molecule has 7 nitrogen and oxygen atoms in total. The van der Waals surface area contributed by atoms with Crippen molar-refractivity contribution in [1.82, 2.24) is 9.80 Å². The number of primary amides is 1. The van der Waals surface area contributed by atoms with Gasteiger partial charge in [0, 0.05) is 36.0 Å². The number of alkyl halides is 3. The molecule has 0 unspecified atom stereocenters. The van der Waals surface area contributed by atoms with Crippen LogP contribution in [0.3, 0.4) is 0 Å². The maximum Gasteiger partial charge on any atom is 0.416 e. The molecule has 1 aliphatic carbocycles. The number of benzene rings is 1. The lowest BCUT2D eigenvalue weighted by Crippen LogP contribution is -2.52. The van der Waals surface area contributed by atoms with E-state index in [4.69, 9.17) is 5.73 Å². The molecule has 1 aromatic carbocycles. The fourth-order valence-electron chi connectivity index (χ4n) is 5.75. The highest BCUT2D eigenvalue weighted by molar-refractivity contribution is 7.91. The lowest BCUT2D eigenvalue weighted by Gasteiger charge is -2.44. The number of rotatable bonds is 8. The van der Waals surface area contributed by atoms with Crippen molar-refractivity contribution in [1.29, 1.82) is 0 Å². The van der Waals surface area contributed by atoms with E-state index in [0.29, 0.717) is 12.8 Å². The number of carbonyl (C=O) groups is 2. The van der Waals surface area contributed by atoms with Gasteiger partial charge in [0.2, 0.25) is 11.8 Å². The summed E-state index contributed by atoms with van der Waals surface area (Å²) in [5.74, 6) is -3.11. The Morgan fingerprint density at radius 3 is 2.44 bits per heavy atom. The SMILES string of the molecule is CCS(=O)(=O)C[C@@H]1C[C@H](N(C)C(C)C)CC[C@@H]1N1CC[C@@H](c2c(C(N)=O)cccc2C(F)(F)F)C1=O. The van der Waals surface area contributed by atoms with Crippen molar-refractivity contribution in [2.24, 2.45) is 11.7 Å². The van der Waals surface area contributed by atoms with Gasteiger partial charge >= 0.3 is 6.18 Å². The van der Waals surface area contributed by atoms with E-state index < -0.39 is 45.4 Å². The molecule has 4 atom stereocenters. The van der Waals surface area contributed by atoms with Gasteiger partial charge in [-0.2, -0.15) is 13.2 Å². The molecule has 2 fully saturated rings. The summed E-state index contributed by atoms with van der Waals surface area (Å²) in [5, 5.41) is 0. The number of halogens is 3. The highest BCUT2D eigenvalue weighted by atomic mass is 32.2. The van der Waals surface area contributed by atoms with E-state index in [-0.39, 0.29) is 53.6 Å². The third-order valence-corrected chi connectivity index (χ3v) is 9.69. The van der Waals surface area contributed by atoms with Gasteiger partial charge in [0.1, 0.15) is 9.84 Å². The van der Waals surface area contributed by atoms with E-state index in [0.717, 1.165) is 18.6 Å². The number of nitrogens with two attached hydrogens (primary N) is 1. The first-order chi connectivity index (χ1) is 16.7. The van der Waals surface area contributed by atoms with Gasteiger partial charge < -0.3 is 15.5 Å². The van der Waals surface area contributed by atoms with Gasteiger partial charge in [-0.3, -0.25) is 9.59 Å². The normalized spacial score (nSPS) is 25.7. The highest BCUT2D eigenvalue weighted by Gasteiger charge is 2.47. The van der Waals surface area contributed by atoms with Crippen LogP contribution in [0.5, 0.6) is 0 Å². The molecule has 36 heavy (non-hydrogen) atoms. The van der Waals surface area contributed by atoms with Gasteiger partial charge in [0.15, 0.2) is 0 Å². The summed E-state index contributed by atoms with van der Waals surface area (Å²) < 4.78 is 66.7. The van der Waals surface area contributed by atoms with Crippen LogP contribution >= 0.6 is 0 Å². The Bertz CT molecular complexity index is 1090. The Kier molecular flexibility index (Phi) is 8.44. The molecular weight excluding hydrogens is 495 g/mol. The number of amides is 2. The van der Waals surface area contributed by atoms with E-state index in [1.165, 1.54) is 6.07 Å². The summed E-state index contributed by atoms with van der Waals surface area (Å²) in [6.45, 7) is 5.91. The molecule has 3 rings (SSSR count). The zero-order valence-electron chi connectivity index (χ0n) is 21.2. The van der Waals surface area contributed by atoms with E-state index in [1.807, 2.05) is 7.05 Å². The molecule has 0 spiro atoms. The molecule has 202 valence electrons. The van der Waals surface area contributed by atoms with Gasteiger partial charge in [-0.15, -0.1) is 0 Å². The first-order valence-corrected chi connectivity index (χ1v) is 14.2. The van der Waals surface area contributed by atoms with Gasteiger partial charge in [0.25, 0.3) is 0 Å². The fraction of sp³-hybridized carbons (Fsp3) is 0.680. The largest absolute Gasteiger partial charge is 0.416 e. The van der Waals surface area contributed by atoms with Crippen molar-refractivity contribution in [3.63, 3.8) is 0 Å². The predicted octanol–water partition coefficient (Wildman–Crippen LogP) is 3.43. The molecule has 1 aromatic rings. The molecule has 0 bridgehead atoms. The number of hydrogen-bond acceptors (Lipinski definition) is 5. The molecule has 1 saturated heterocycles. The van der Waals surface area contributed by atoms with Crippen LogP contribution in [-0.4, -0.2) is 73.3 Å². The Hall–Kier alpha value is -2.14. The Balaban J connectivity index is 1.96. The quantitative estimate of drug-likeness (QED) is 0.554. The number of sulfone groups is 1. The smallest absolute Gasteiger partial charge is 0.366 e. The van der Waals surface area contributed by atoms with Crippen LogP contribution in [0.1, 0.15) is 73.9 Å². The second kappa shape index (κ2) is 10.7. The molecule has 2 N–H and O–H groups in total. The van der Waals surface area contributed by atoms with Gasteiger partial charge in [-0.05, 0) is 70.2 Å². The van der Waals surface area contributed by atoms with Gasteiger partial charge in [-0.25, -0.2) is 8.42 Å². The van der Waals surface area contributed by atoms with Crippen LogP contribution in [0.2, 0.25) is 0 Å². The van der Waals surface area contributed by atoms with Crippen LogP contribution in [-0.2, 0) is 20.8 Å². The van der Waals surface area contributed by atoms with E-state index in [1.54, 1.807) is 11.8 Å². The monoisotopic (exact) mass is 531 g/mol. The Morgan fingerprint density at radius 1 is 1.22 bits per heavy atom. The van der Waals surface area contributed by atoms with Gasteiger partial charge in [-0.1, -0.05) is 13.0 Å². The highest BCUT2D eigenvalue weighted by Crippen LogP contribution is 2.43. The van der Waals surface area contributed by atoms with Crippen molar-refractivity contribution in [3.05, 3.63) is 34.9 Å². The minimum Gasteiger partial charge on any atom is -0.366 e. The standard InChI is InChI=1S/C25H36F3N3O4S/c1-5-36(34,35)14-16-13-17(30(4)15(2)3)9-10-21(16)31-12-11-19(24(31)33)22-18(23(29)32)7-6-8-20(22)25(26,27)28/h6-8,15-17,19,21H,5,9-14H2,1-4H3,(H2,29,32)/t16-,17+,19-,21-/m0/s1. The summed E-state index contributed by atoms with van der Waals surface area (Å²) in [5.41, 5.74) is 3.67. The van der Waals surface area contributed by atoms with E-state index >= 15 is 0 Å². The summed E-state index contributed by atoms with van der Waals surface area (Å²) >= 11 is 0. The molecule has 0 radical (unpaired) electrons. The van der Waals surface area contributed by atoms with Crippen molar-refractivity contribution >= 4 is 21.7 Å². The topological polar surface area (TPSA) is 101 Å². The number of nitrogens with zero attached hydrogens (tertiary/aromatic N) is 2. The summed E-state index contributed by atoms with van der Waals surface area (Å²) in [6, 6.07) is 3.21. The lowest BCUT2D eigenvalue weighted by atomic mass is 9.80. The third kappa shape index (κ3) is 5.88. The summed E-state index contributed by atoms with van der Waals surface area (Å²) in [4.78, 5) is 29.4. The van der Waals surface area contributed by atoms with Crippen LogP contribution in [0.15, 0.2) is 18.2 Å². The van der Waals surface area contributed by atoms with Crippen molar-refractivity contribution in [3.8, 4) is 0 Å². The molecule has 1 heterocycles. The average Bonchev–Trinajstić information content (AvgIpc) is 3.17. The van der Waals surface area contributed by atoms with Crippen molar-refractivity contribution < 1.29 is 31.2 Å². The minimum absolute atomic E-state index is 0.0155. The molecule has 1 aliphatic heterocycles. The molecular formula is C25H36F3N3O4S. The van der Waals surface area contributed by atoms with Crippen molar-refractivity contribution in [2.75, 3.05) is 25.1 Å². The zero-order valence-corrected chi connectivity index (χ0v) is 22.0. The maximum atomic E-state index is 13.8. The lowest BCUT2D eigenvalue weighted by molar-refractivity contribution is -0.139. The number of likely N-dealkylation sites (tertiary alicyclic amines) is 1. The average molecular weight is 532 g/mol. The zero-order chi connectivity index (χ0) is 27.0. The van der Waals surface area contributed by atoms with E-state index in [2.05, 4.69) is 18.7 Å². The summed E-state index contributed by atoms with van der Waals surface area (Å²) in [6.07, 6.45) is -2.76. The molecule has 1 saturated carbocycles. The van der Waals surface area contributed by atoms with Crippen molar-refractivity contribution in [2.45, 2.75) is 76.7 Å². The first kappa shape index (κ1) is 28.4. The van der Waals surface area contributed by atoms with E-state index in [9.17, 15) is 31.2 Å². The Labute approximate surface area is 211 Å². The first-order valence-electron chi connectivity index (χ1n) is 12.4.